The monoisotopic (exact) mass is 386 g/mol. The number of morpholine rings is 1. The van der Waals surface area contributed by atoms with Gasteiger partial charge in [0, 0.05) is 24.7 Å². The zero-order valence-electron chi connectivity index (χ0n) is 14.3. The lowest BCUT2D eigenvalue weighted by Crippen LogP contribution is -2.50. The van der Waals surface area contributed by atoms with Gasteiger partial charge in [-0.2, -0.15) is 0 Å². The highest BCUT2D eigenvalue weighted by Gasteiger charge is 2.37. The number of hydrogen-bond donors (Lipinski definition) is 0. The first-order valence-electron chi connectivity index (χ1n) is 8.39. The third kappa shape index (κ3) is 3.48. The van der Waals surface area contributed by atoms with Crippen LogP contribution in [0.25, 0.3) is 17.4 Å². The largest absolute Gasteiger partial charge is 0.457 e. The van der Waals surface area contributed by atoms with Crippen LogP contribution in [0.4, 0.5) is 0 Å². The second-order valence-electron chi connectivity index (χ2n) is 6.13. The highest BCUT2D eigenvalue weighted by atomic mass is 32.2. The first-order valence-corrected chi connectivity index (χ1v) is 9.62. The van der Waals surface area contributed by atoms with Gasteiger partial charge in [0.2, 0.25) is 0 Å². The summed E-state index contributed by atoms with van der Waals surface area (Å²) in [6, 6.07) is 11.9. The lowest BCUT2D eigenvalue weighted by atomic mass is 10.1. The van der Waals surface area contributed by atoms with Gasteiger partial charge in [0.1, 0.15) is 11.5 Å². The molecule has 1 aromatic heterocycles. The minimum absolute atomic E-state index is 0.102. The van der Waals surface area contributed by atoms with Crippen LogP contribution in [0.2, 0.25) is 0 Å². The van der Waals surface area contributed by atoms with E-state index in [1.165, 1.54) is 17.3 Å². The summed E-state index contributed by atoms with van der Waals surface area (Å²) in [6.45, 7) is 4.59. The molecule has 0 N–H and O–H groups in total. The van der Waals surface area contributed by atoms with Gasteiger partial charge in [0.25, 0.3) is 5.91 Å². The fraction of sp³-hybridized carbons (Fsp3) is 0.263. The molecule has 2 aromatic rings. The van der Waals surface area contributed by atoms with Gasteiger partial charge < -0.3 is 9.15 Å². The molecule has 134 valence electrons. The molecular formula is C19H18N2O3S2. The number of benzene rings is 1. The standard InChI is InChI=1S/C19H18N2O3S2/c1-13-2-4-14(5-3-13)16-7-6-15(24-16)12-17-18(22)21(19(25)26-17)20-8-10-23-11-9-20/h2-7,12H,8-11H2,1H3/b17-12-. The summed E-state index contributed by atoms with van der Waals surface area (Å²) in [7, 11) is 0. The molecule has 0 atom stereocenters. The molecule has 5 nitrogen and oxygen atoms in total. The van der Waals surface area contributed by atoms with Crippen LogP contribution >= 0.6 is 24.0 Å². The van der Waals surface area contributed by atoms with Gasteiger partial charge in [0.05, 0.1) is 18.1 Å². The number of hydrogen-bond acceptors (Lipinski definition) is 6. The Labute approximate surface area is 161 Å². The Bertz CT molecular complexity index is 867. The number of ether oxygens (including phenoxy) is 1. The number of furan rings is 1. The predicted molar refractivity (Wildman–Crippen MR) is 106 cm³/mol. The lowest BCUT2D eigenvalue weighted by Gasteiger charge is -2.33. The van der Waals surface area contributed by atoms with Crippen molar-refractivity contribution >= 4 is 40.3 Å². The number of thioether (sulfide) groups is 1. The second-order valence-corrected chi connectivity index (χ2v) is 7.80. The van der Waals surface area contributed by atoms with Crippen molar-refractivity contribution < 1.29 is 13.9 Å². The van der Waals surface area contributed by atoms with Crippen molar-refractivity contribution in [1.29, 1.82) is 0 Å². The number of hydrazine groups is 1. The van der Waals surface area contributed by atoms with Crippen LogP contribution in [0, 0.1) is 6.92 Å². The predicted octanol–water partition coefficient (Wildman–Crippen LogP) is 3.70. The highest BCUT2D eigenvalue weighted by molar-refractivity contribution is 8.26. The molecule has 2 aliphatic rings. The topological polar surface area (TPSA) is 45.9 Å². The number of rotatable bonds is 3. The van der Waals surface area contributed by atoms with E-state index in [4.69, 9.17) is 21.4 Å². The number of thiocarbonyl (C=S) groups is 1. The van der Waals surface area contributed by atoms with E-state index in [9.17, 15) is 4.79 Å². The fourth-order valence-corrected chi connectivity index (χ4v) is 4.18. The molecule has 7 heteroatoms. The third-order valence-corrected chi connectivity index (χ3v) is 5.56. The molecule has 4 rings (SSSR count). The van der Waals surface area contributed by atoms with Crippen LogP contribution < -0.4 is 0 Å². The molecule has 1 amide bonds. The van der Waals surface area contributed by atoms with E-state index < -0.39 is 0 Å². The van der Waals surface area contributed by atoms with Crippen LogP contribution in [0.1, 0.15) is 11.3 Å². The number of carbonyl (C=O) groups is 1. The summed E-state index contributed by atoms with van der Waals surface area (Å²) in [5.41, 5.74) is 2.21. The number of carbonyl (C=O) groups excluding carboxylic acids is 1. The van der Waals surface area contributed by atoms with Crippen LogP contribution in [0.5, 0.6) is 0 Å². The Kier molecular flexibility index (Phi) is 4.95. The number of aryl methyl sites for hydroxylation is 1. The van der Waals surface area contributed by atoms with E-state index in [-0.39, 0.29) is 5.91 Å². The summed E-state index contributed by atoms with van der Waals surface area (Å²) >= 11 is 6.70. The van der Waals surface area contributed by atoms with E-state index in [2.05, 4.69) is 0 Å². The molecular weight excluding hydrogens is 368 g/mol. The van der Waals surface area contributed by atoms with Crippen molar-refractivity contribution in [2.75, 3.05) is 26.3 Å². The van der Waals surface area contributed by atoms with Gasteiger partial charge in [0.15, 0.2) is 4.32 Å². The van der Waals surface area contributed by atoms with Crippen LogP contribution in [-0.2, 0) is 9.53 Å². The Morgan fingerprint density at radius 3 is 2.58 bits per heavy atom. The number of amides is 1. The molecule has 3 heterocycles. The molecule has 0 spiro atoms. The van der Waals surface area contributed by atoms with Crippen molar-refractivity contribution in [1.82, 2.24) is 10.0 Å². The minimum Gasteiger partial charge on any atom is -0.457 e. The van der Waals surface area contributed by atoms with E-state index in [1.807, 2.05) is 48.3 Å². The summed E-state index contributed by atoms with van der Waals surface area (Å²) in [6.07, 6.45) is 1.76. The quantitative estimate of drug-likeness (QED) is 0.592. The first-order chi connectivity index (χ1) is 12.6. The fourth-order valence-electron chi connectivity index (χ4n) is 2.89. The zero-order valence-corrected chi connectivity index (χ0v) is 15.9. The normalized spacial score (nSPS) is 20.3. The molecule has 0 aliphatic carbocycles. The van der Waals surface area contributed by atoms with E-state index in [1.54, 1.807) is 11.1 Å². The van der Waals surface area contributed by atoms with Crippen molar-refractivity contribution in [2.45, 2.75) is 6.92 Å². The maximum atomic E-state index is 12.8. The molecule has 0 radical (unpaired) electrons. The molecule has 2 fully saturated rings. The minimum atomic E-state index is -0.102. The Morgan fingerprint density at radius 1 is 1.12 bits per heavy atom. The molecule has 0 saturated carbocycles. The van der Waals surface area contributed by atoms with Crippen molar-refractivity contribution in [3.63, 3.8) is 0 Å². The lowest BCUT2D eigenvalue weighted by molar-refractivity contribution is -0.138. The van der Waals surface area contributed by atoms with Gasteiger partial charge >= 0.3 is 0 Å². The maximum Gasteiger partial charge on any atom is 0.281 e. The molecule has 26 heavy (non-hydrogen) atoms. The van der Waals surface area contributed by atoms with Crippen LogP contribution in [-0.4, -0.2) is 46.5 Å². The highest BCUT2D eigenvalue weighted by Crippen LogP contribution is 2.34. The SMILES string of the molecule is Cc1ccc(-c2ccc(/C=C3\SC(=S)N(N4CCOCC4)C3=O)o2)cc1. The van der Waals surface area contributed by atoms with E-state index in [0.717, 1.165) is 11.3 Å². The van der Waals surface area contributed by atoms with E-state index >= 15 is 0 Å². The molecule has 0 bridgehead atoms. The van der Waals surface area contributed by atoms with Gasteiger partial charge in [-0.3, -0.25) is 4.79 Å². The van der Waals surface area contributed by atoms with Crippen molar-refractivity contribution in [3.8, 4) is 11.3 Å². The van der Waals surface area contributed by atoms with Gasteiger partial charge in [-0.1, -0.05) is 53.8 Å². The second kappa shape index (κ2) is 7.36. The Morgan fingerprint density at radius 2 is 1.85 bits per heavy atom. The smallest absolute Gasteiger partial charge is 0.281 e. The summed E-state index contributed by atoms with van der Waals surface area (Å²) in [5, 5.41) is 3.53. The maximum absolute atomic E-state index is 12.8. The Hall–Kier alpha value is -1.93. The molecule has 1 aromatic carbocycles. The Balaban J connectivity index is 1.54. The van der Waals surface area contributed by atoms with Crippen molar-refractivity contribution in [2.24, 2.45) is 0 Å². The molecule has 0 unspecified atom stereocenters. The average Bonchev–Trinajstić information content (AvgIpc) is 3.21. The van der Waals surface area contributed by atoms with Crippen LogP contribution in [0.15, 0.2) is 45.7 Å². The van der Waals surface area contributed by atoms with Gasteiger partial charge in [-0.15, -0.1) is 0 Å². The van der Waals surface area contributed by atoms with E-state index in [0.29, 0.717) is 41.3 Å². The third-order valence-electron chi connectivity index (χ3n) is 4.28. The van der Waals surface area contributed by atoms with Crippen LogP contribution in [0.3, 0.4) is 0 Å². The summed E-state index contributed by atoms with van der Waals surface area (Å²) in [4.78, 5) is 13.3. The number of nitrogens with zero attached hydrogens (tertiary/aromatic N) is 2. The zero-order chi connectivity index (χ0) is 18.1. The first kappa shape index (κ1) is 17.5. The van der Waals surface area contributed by atoms with Gasteiger partial charge in [-0.05, 0) is 19.1 Å². The van der Waals surface area contributed by atoms with Crippen molar-refractivity contribution in [3.05, 3.63) is 52.6 Å². The van der Waals surface area contributed by atoms with Gasteiger partial charge in [-0.25, -0.2) is 10.0 Å². The average molecular weight is 386 g/mol. The summed E-state index contributed by atoms with van der Waals surface area (Å²) < 4.78 is 11.8. The molecule has 2 aliphatic heterocycles. The molecule has 2 saturated heterocycles. The summed E-state index contributed by atoms with van der Waals surface area (Å²) in [5.74, 6) is 1.32.